The zero-order valence-corrected chi connectivity index (χ0v) is 11.7. The molecule has 4 nitrogen and oxygen atoms in total. The summed E-state index contributed by atoms with van der Waals surface area (Å²) < 4.78 is 5.13. The molecule has 1 heterocycles. The van der Waals surface area contributed by atoms with Crippen LogP contribution in [-0.4, -0.2) is 32.7 Å². The molecule has 1 N–H and O–H groups in total. The predicted molar refractivity (Wildman–Crippen MR) is 76.7 cm³/mol. The van der Waals surface area contributed by atoms with Crippen LogP contribution in [0.5, 0.6) is 5.75 Å². The van der Waals surface area contributed by atoms with Gasteiger partial charge in [-0.15, -0.1) is 0 Å². The Kier molecular flexibility index (Phi) is 4.80. The molecule has 1 fully saturated rings. The van der Waals surface area contributed by atoms with E-state index >= 15 is 0 Å². The van der Waals surface area contributed by atoms with E-state index in [2.05, 4.69) is 5.32 Å². The number of likely N-dealkylation sites (N-methyl/N-ethyl adjacent to an activating group) is 1. The van der Waals surface area contributed by atoms with Crippen molar-refractivity contribution in [1.82, 2.24) is 5.32 Å². The van der Waals surface area contributed by atoms with Crippen molar-refractivity contribution in [2.75, 3.05) is 25.6 Å². The average molecular weight is 262 g/mol. The van der Waals surface area contributed by atoms with Crippen LogP contribution in [0.2, 0.25) is 0 Å². The van der Waals surface area contributed by atoms with Crippen molar-refractivity contribution in [3.63, 3.8) is 0 Å². The van der Waals surface area contributed by atoms with E-state index in [0.29, 0.717) is 0 Å². The van der Waals surface area contributed by atoms with Gasteiger partial charge >= 0.3 is 0 Å². The molecule has 1 unspecified atom stereocenters. The Balaban J connectivity index is 2.04. The van der Waals surface area contributed by atoms with E-state index in [-0.39, 0.29) is 11.9 Å². The van der Waals surface area contributed by atoms with Gasteiger partial charge in [-0.1, -0.05) is 12.8 Å². The third-order valence-electron chi connectivity index (χ3n) is 3.65. The van der Waals surface area contributed by atoms with Crippen LogP contribution < -0.4 is 15.0 Å². The molecule has 1 amide bonds. The van der Waals surface area contributed by atoms with Gasteiger partial charge in [0.25, 0.3) is 0 Å². The van der Waals surface area contributed by atoms with Crippen molar-refractivity contribution in [2.45, 2.75) is 31.7 Å². The topological polar surface area (TPSA) is 41.6 Å². The van der Waals surface area contributed by atoms with Gasteiger partial charge in [0.2, 0.25) is 5.91 Å². The Morgan fingerprint density at radius 3 is 2.68 bits per heavy atom. The zero-order valence-electron chi connectivity index (χ0n) is 11.7. The largest absolute Gasteiger partial charge is 0.497 e. The molecular formula is C15H22N2O2. The Hall–Kier alpha value is -1.55. The van der Waals surface area contributed by atoms with Gasteiger partial charge in [0.15, 0.2) is 0 Å². The van der Waals surface area contributed by atoms with Crippen LogP contribution in [0.15, 0.2) is 24.3 Å². The molecule has 1 atom stereocenters. The first kappa shape index (κ1) is 13.9. The van der Waals surface area contributed by atoms with Gasteiger partial charge in [-0.3, -0.25) is 4.79 Å². The lowest BCUT2D eigenvalue weighted by atomic mass is 10.1. The van der Waals surface area contributed by atoms with Crippen LogP contribution >= 0.6 is 0 Å². The highest BCUT2D eigenvalue weighted by atomic mass is 16.5. The lowest BCUT2D eigenvalue weighted by Crippen LogP contribution is -2.44. The van der Waals surface area contributed by atoms with Crippen molar-refractivity contribution < 1.29 is 9.53 Å². The number of hydrogen-bond acceptors (Lipinski definition) is 3. The fraction of sp³-hybridized carbons (Fsp3) is 0.533. The van der Waals surface area contributed by atoms with Crippen molar-refractivity contribution in [3.8, 4) is 5.75 Å². The van der Waals surface area contributed by atoms with E-state index in [1.807, 2.05) is 31.3 Å². The third-order valence-corrected chi connectivity index (χ3v) is 3.65. The van der Waals surface area contributed by atoms with Gasteiger partial charge in [0.05, 0.1) is 13.2 Å². The molecule has 0 spiro atoms. The number of carbonyl (C=O) groups excluding carboxylic acids is 1. The van der Waals surface area contributed by atoms with Crippen molar-refractivity contribution in [3.05, 3.63) is 24.3 Å². The first-order chi connectivity index (χ1) is 9.22. The third kappa shape index (κ3) is 3.47. The highest BCUT2D eigenvalue weighted by Crippen LogP contribution is 2.20. The Morgan fingerprint density at radius 2 is 2.00 bits per heavy atom. The monoisotopic (exact) mass is 262 g/mol. The maximum Gasteiger partial charge on any atom is 0.243 e. The fourth-order valence-corrected chi connectivity index (χ4v) is 2.41. The number of nitrogens with one attached hydrogen (secondary N) is 1. The predicted octanol–water partition coefficient (Wildman–Crippen LogP) is 2.19. The van der Waals surface area contributed by atoms with E-state index in [1.165, 1.54) is 6.42 Å². The average Bonchev–Trinajstić information content (AvgIpc) is 2.75. The molecule has 1 aliphatic rings. The number of benzene rings is 1. The van der Waals surface area contributed by atoms with Crippen molar-refractivity contribution in [1.29, 1.82) is 0 Å². The summed E-state index contributed by atoms with van der Waals surface area (Å²) in [4.78, 5) is 14.2. The molecule has 19 heavy (non-hydrogen) atoms. The standard InChI is InChI=1S/C15H22N2O2/c1-17(12-7-9-13(19-2)10-8-12)15(18)14-6-4-3-5-11-16-14/h7-10,14,16H,3-6,11H2,1-2H3. The minimum Gasteiger partial charge on any atom is -0.497 e. The molecule has 1 saturated heterocycles. The van der Waals surface area contributed by atoms with Gasteiger partial charge in [-0.05, 0) is 43.7 Å². The Labute approximate surface area is 114 Å². The first-order valence-corrected chi connectivity index (χ1v) is 6.87. The number of ether oxygens (including phenoxy) is 1. The van der Waals surface area contributed by atoms with E-state index < -0.39 is 0 Å². The molecule has 104 valence electrons. The molecule has 4 heteroatoms. The maximum atomic E-state index is 12.4. The number of hydrogen-bond donors (Lipinski definition) is 1. The van der Waals surface area contributed by atoms with E-state index in [0.717, 1.165) is 37.2 Å². The summed E-state index contributed by atoms with van der Waals surface area (Å²) in [5.41, 5.74) is 0.900. The lowest BCUT2D eigenvalue weighted by molar-refractivity contribution is -0.120. The molecule has 1 aromatic rings. The summed E-state index contributed by atoms with van der Waals surface area (Å²) in [6, 6.07) is 7.52. The van der Waals surface area contributed by atoms with Crippen molar-refractivity contribution in [2.24, 2.45) is 0 Å². The molecular weight excluding hydrogens is 240 g/mol. The van der Waals surface area contributed by atoms with E-state index in [9.17, 15) is 4.79 Å². The molecule has 0 radical (unpaired) electrons. The first-order valence-electron chi connectivity index (χ1n) is 6.87. The summed E-state index contributed by atoms with van der Waals surface area (Å²) in [5, 5.41) is 3.34. The summed E-state index contributed by atoms with van der Waals surface area (Å²) in [7, 11) is 3.47. The van der Waals surface area contributed by atoms with Crippen LogP contribution in [0.1, 0.15) is 25.7 Å². The number of amides is 1. The SMILES string of the molecule is COc1ccc(N(C)C(=O)C2CCCCCN2)cc1. The molecule has 1 aromatic carbocycles. The summed E-state index contributed by atoms with van der Waals surface area (Å²) in [6.07, 6.45) is 4.43. The Bertz CT molecular complexity index is 409. The number of anilines is 1. The van der Waals surface area contributed by atoms with Crippen LogP contribution in [-0.2, 0) is 4.79 Å². The second kappa shape index (κ2) is 6.57. The number of carbonyl (C=O) groups is 1. The number of methoxy groups -OCH3 is 1. The molecule has 2 rings (SSSR count). The maximum absolute atomic E-state index is 12.4. The van der Waals surface area contributed by atoms with Crippen LogP contribution in [0.25, 0.3) is 0 Å². The van der Waals surface area contributed by atoms with Crippen LogP contribution in [0.3, 0.4) is 0 Å². The molecule has 1 aliphatic heterocycles. The minimum absolute atomic E-state index is 0.0467. The molecule has 0 bridgehead atoms. The van der Waals surface area contributed by atoms with Gasteiger partial charge in [-0.2, -0.15) is 0 Å². The van der Waals surface area contributed by atoms with Gasteiger partial charge in [0.1, 0.15) is 5.75 Å². The van der Waals surface area contributed by atoms with Crippen LogP contribution in [0, 0.1) is 0 Å². The second-order valence-corrected chi connectivity index (χ2v) is 4.95. The quantitative estimate of drug-likeness (QED) is 0.908. The fourth-order valence-electron chi connectivity index (χ4n) is 2.41. The minimum atomic E-state index is -0.0467. The highest BCUT2D eigenvalue weighted by Gasteiger charge is 2.23. The summed E-state index contributed by atoms with van der Waals surface area (Å²) in [5.74, 6) is 0.948. The van der Waals surface area contributed by atoms with Crippen molar-refractivity contribution >= 4 is 11.6 Å². The molecule has 0 aromatic heterocycles. The van der Waals surface area contributed by atoms with Crippen LogP contribution in [0.4, 0.5) is 5.69 Å². The lowest BCUT2D eigenvalue weighted by Gasteiger charge is -2.23. The normalized spacial score (nSPS) is 19.6. The van der Waals surface area contributed by atoms with Gasteiger partial charge in [-0.25, -0.2) is 0 Å². The Morgan fingerprint density at radius 1 is 1.26 bits per heavy atom. The van der Waals surface area contributed by atoms with Gasteiger partial charge < -0.3 is 15.0 Å². The van der Waals surface area contributed by atoms with E-state index in [1.54, 1.807) is 12.0 Å². The van der Waals surface area contributed by atoms with E-state index in [4.69, 9.17) is 4.74 Å². The number of nitrogens with zero attached hydrogens (tertiary/aromatic N) is 1. The zero-order chi connectivity index (χ0) is 13.7. The summed E-state index contributed by atoms with van der Waals surface area (Å²) >= 11 is 0. The van der Waals surface area contributed by atoms with Gasteiger partial charge in [0, 0.05) is 12.7 Å². The number of rotatable bonds is 3. The second-order valence-electron chi connectivity index (χ2n) is 4.95. The molecule has 0 saturated carbocycles. The summed E-state index contributed by atoms with van der Waals surface area (Å²) in [6.45, 7) is 0.937. The smallest absolute Gasteiger partial charge is 0.243 e. The highest BCUT2D eigenvalue weighted by molar-refractivity contribution is 5.96. The molecule has 0 aliphatic carbocycles.